The highest BCUT2D eigenvalue weighted by Gasteiger charge is 2.44. The average molecular weight is 481 g/mol. The quantitative estimate of drug-likeness (QED) is 0.647. The summed E-state index contributed by atoms with van der Waals surface area (Å²) < 4.78 is 23.4. The molecule has 1 amide bonds. The van der Waals surface area contributed by atoms with Crippen molar-refractivity contribution in [3.05, 3.63) is 39.5 Å². The number of benzene rings is 2. The van der Waals surface area contributed by atoms with Gasteiger partial charge in [-0.2, -0.15) is 0 Å². The zero-order valence-corrected chi connectivity index (χ0v) is 17.3. The summed E-state index contributed by atoms with van der Waals surface area (Å²) in [5.74, 6) is 1.77. The molecule has 7 heteroatoms. The van der Waals surface area contributed by atoms with E-state index in [4.69, 9.17) is 18.9 Å². The maximum Gasteiger partial charge on any atom is 0.256 e. The number of carbonyl (C=O) groups is 1. The Morgan fingerprint density at radius 3 is 2.41 bits per heavy atom. The van der Waals surface area contributed by atoms with E-state index in [1.165, 1.54) is 0 Å². The van der Waals surface area contributed by atoms with Crippen LogP contribution in [-0.2, 0) is 0 Å². The summed E-state index contributed by atoms with van der Waals surface area (Å²) >= 11 is 2.11. The number of methoxy groups -OCH3 is 2. The molecule has 1 heterocycles. The average Bonchev–Trinajstić information content (AvgIpc) is 3.26. The van der Waals surface area contributed by atoms with E-state index in [9.17, 15) is 4.79 Å². The second-order valence-electron chi connectivity index (χ2n) is 6.62. The summed E-state index contributed by atoms with van der Waals surface area (Å²) in [6.45, 7) is 0. The monoisotopic (exact) mass is 481 g/mol. The van der Waals surface area contributed by atoms with Crippen LogP contribution in [0, 0.1) is 3.57 Å². The molecule has 0 bridgehead atoms. The van der Waals surface area contributed by atoms with Gasteiger partial charge in [-0.1, -0.05) is 0 Å². The van der Waals surface area contributed by atoms with Crippen LogP contribution in [0.1, 0.15) is 36.0 Å². The van der Waals surface area contributed by atoms with E-state index in [-0.39, 0.29) is 5.91 Å². The topological polar surface area (TPSA) is 66.0 Å². The summed E-state index contributed by atoms with van der Waals surface area (Å²) in [4.78, 5) is 12.8. The van der Waals surface area contributed by atoms with Gasteiger partial charge in [0.2, 0.25) is 0 Å². The molecule has 27 heavy (non-hydrogen) atoms. The number of rotatable bonds is 4. The van der Waals surface area contributed by atoms with Gasteiger partial charge in [0.1, 0.15) is 0 Å². The van der Waals surface area contributed by atoms with Crippen molar-refractivity contribution in [1.29, 1.82) is 0 Å². The molecule has 2 aliphatic rings. The molecular weight excluding hydrogens is 461 g/mol. The molecule has 2 aromatic carbocycles. The highest BCUT2D eigenvalue weighted by Crippen LogP contribution is 2.47. The largest absolute Gasteiger partial charge is 0.493 e. The predicted molar refractivity (Wildman–Crippen MR) is 109 cm³/mol. The molecule has 4 rings (SSSR count). The minimum absolute atomic E-state index is 0.227. The lowest BCUT2D eigenvalue weighted by Crippen LogP contribution is -2.34. The van der Waals surface area contributed by atoms with Crippen LogP contribution < -0.4 is 24.3 Å². The number of ether oxygens (including phenoxy) is 4. The van der Waals surface area contributed by atoms with Crippen LogP contribution in [-0.4, -0.2) is 25.9 Å². The number of halogens is 1. The van der Waals surface area contributed by atoms with Gasteiger partial charge < -0.3 is 24.3 Å². The lowest BCUT2D eigenvalue weighted by Gasteiger charge is -2.21. The van der Waals surface area contributed by atoms with Crippen molar-refractivity contribution in [2.45, 2.75) is 31.5 Å². The van der Waals surface area contributed by atoms with Crippen molar-refractivity contribution >= 4 is 34.2 Å². The van der Waals surface area contributed by atoms with Crippen LogP contribution in [0.15, 0.2) is 30.3 Å². The van der Waals surface area contributed by atoms with Gasteiger partial charge in [0, 0.05) is 28.2 Å². The lowest BCUT2D eigenvalue weighted by molar-refractivity contribution is -0.0716. The Labute approximate surface area is 171 Å². The van der Waals surface area contributed by atoms with Crippen molar-refractivity contribution in [1.82, 2.24) is 0 Å². The fourth-order valence-electron chi connectivity index (χ4n) is 3.52. The van der Waals surface area contributed by atoms with Crippen LogP contribution in [0.5, 0.6) is 23.0 Å². The molecule has 0 aromatic heterocycles. The van der Waals surface area contributed by atoms with Gasteiger partial charge >= 0.3 is 0 Å². The van der Waals surface area contributed by atoms with Crippen molar-refractivity contribution < 1.29 is 23.7 Å². The fraction of sp³-hybridized carbons (Fsp3) is 0.350. The molecule has 1 spiro atoms. The zero-order valence-electron chi connectivity index (χ0n) is 15.1. The van der Waals surface area contributed by atoms with Gasteiger partial charge in [0.25, 0.3) is 11.7 Å². The Hall–Kier alpha value is -2.16. The molecule has 0 unspecified atom stereocenters. The van der Waals surface area contributed by atoms with Gasteiger partial charge in [-0.25, -0.2) is 0 Å². The number of nitrogens with one attached hydrogen (secondary N) is 1. The van der Waals surface area contributed by atoms with Gasteiger partial charge in [0.15, 0.2) is 23.0 Å². The molecule has 1 aliphatic carbocycles. The Kier molecular flexibility index (Phi) is 4.79. The maximum atomic E-state index is 12.8. The molecule has 142 valence electrons. The van der Waals surface area contributed by atoms with E-state index in [0.29, 0.717) is 28.5 Å². The van der Waals surface area contributed by atoms with E-state index in [2.05, 4.69) is 27.9 Å². The van der Waals surface area contributed by atoms with E-state index < -0.39 is 5.79 Å². The summed E-state index contributed by atoms with van der Waals surface area (Å²) in [6.07, 6.45) is 4.01. The molecule has 1 fully saturated rings. The molecule has 1 aliphatic heterocycles. The Bertz CT molecular complexity index is 892. The Morgan fingerprint density at radius 1 is 1.04 bits per heavy atom. The number of carbonyl (C=O) groups excluding carboxylic acids is 1. The Balaban J connectivity index is 1.55. The number of anilines is 1. The van der Waals surface area contributed by atoms with Crippen LogP contribution in [0.3, 0.4) is 0 Å². The second-order valence-corrected chi connectivity index (χ2v) is 7.79. The van der Waals surface area contributed by atoms with E-state index in [1.54, 1.807) is 26.4 Å². The third-order valence-electron chi connectivity index (χ3n) is 4.88. The van der Waals surface area contributed by atoms with Crippen LogP contribution >= 0.6 is 22.6 Å². The SMILES string of the molecule is COc1cc(I)c(C(=O)Nc2ccc3c(c2)OC2(CCCC2)O3)cc1OC. The van der Waals surface area contributed by atoms with Crippen molar-refractivity contribution in [3.8, 4) is 23.0 Å². The number of amides is 1. The summed E-state index contributed by atoms with van der Waals surface area (Å²) in [7, 11) is 3.11. The van der Waals surface area contributed by atoms with Crippen molar-refractivity contribution in [2.75, 3.05) is 19.5 Å². The summed E-state index contributed by atoms with van der Waals surface area (Å²) in [5.41, 5.74) is 1.17. The van der Waals surface area contributed by atoms with E-state index in [1.807, 2.05) is 18.2 Å². The van der Waals surface area contributed by atoms with Gasteiger partial charge in [-0.15, -0.1) is 0 Å². The lowest BCUT2D eigenvalue weighted by atomic mass is 10.1. The molecule has 1 saturated carbocycles. The first-order valence-electron chi connectivity index (χ1n) is 8.78. The first-order valence-corrected chi connectivity index (χ1v) is 9.86. The van der Waals surface area contributed by atoms with Crippen LogP contribution in [0.4, 0.5) is 5.69 Å². The first kappa shape index (κ1) is 18.2. The first-order chi connectivity index (χ1) is 13.0. The minimum atomic E-state index is -0.510. The molecular formula is C20H20INO5. The highest BCUT2D eigenvalue weighted by atomic mass is 127. The number of hydrogen-bond acceptors (Lipinski definition) is 5. The predicted octanol–water partition coefficient (Wildman–Crippen LogP) is 4.60. The molecule has 0 saturated heterocycles. The second kappa shape index (κ2) is 7.10. The third-order valence-corrected chi connectivity index (χ3v) is 5.77. The molecule has 0 atom stereocenters. The van der Waals surface area contributed by atoms with E-state index >= 15 is 0 Å². The third kappa shape index (κ3) is 3.40. The Morgan fingerprint density at radius 2 is 1.70 bits per heavy atom. The standard InChI is InChI=1S/C20H20INO5/c1-24-16-10-13(14(21)11-17(16)25-2)19(23)22-12-5-6-15-18(9-12)27-20(26-15)7-3-4-8-20/h5-6,9-11H,3-4,7-8H2,1-2H3,(H,22,23). The van der Waals surface area contributed by atoms with Crippen LogP contribution in [0.2, 0.25) is 0 Å². The maximum absolute atomic E-state index is 12.8. The van der Waals surface area contributed by atoms with Crippen LogP contribution in [0.25, 0.3) is 0 Å². The summed E-state index contributed by atoms with van der Waals surface area (Å²) in [6, 6.07) is 8.93. The normalized spacial score (nSPS) is 16.4. The number of hydrogen-bond donors (Lipinski definition) is 1. The van der Waals surface area contributed by atoms with Crippen molar-refractivity contribution in [3.63, 3.8) is 0 Å². The fourth-order valence-corrected chi connectivity index (χ4v) is 4.20. The van der Waals surface area contributed by atoms with E-state index in [0.717, 1.165) is 35.0 Å². The minimum Gasteiger partial charge on any atom is -0.493 e. The molecule has 0 radical (unpaired) electrons. The van der Waals surface area contributed by atoms with Gasteiger partial charge in [-0.05, 0) is 59.7 Å². The highest BCUT2D eigenvalue weighted by molar-refractivity contribution is 14.1. The smallest absolute Gasteiger partial charge is 0.256 e. The van der Waals surface area contributed by atoms with Crippen molar-refractivity contribution in [2.24, 2.45) is 0 Å². The summed E-state index contributed by atoms with van der Waals surface area (Å²) in [5, 5.41) is 2.92. The van der Waals surface area contributed by atoms with Gasteiger partial charge in [0.05, 0.1) is 19.8 Å². The number of fused-ring (bicyclic) bond motifs is 1. The zero-order chi connectivity index (χ0) is 19.0. The van der Waals surface area contributed by atoms with Gasteiger partial charge in [-0.3, -0.25) is 4.79 Å². The molecule has 2 aromatic rings. The molecule has 1 N–H and O–H groups in total. The molecule has 6 nitrogen and oxygen atoms in total.